The van der Waals surface area contributed by atoms with Gasteiger partial charge in [0, 0.05) is 19.3 Å². The lowest BCUT2D eigenvalue weighted by molar-refractivity contribution is -0.152. The first-order valence-electron chi connectivity index (χ1n) is 5.56. The zero-order valence-corrected chi connectivity index (χ0v) is 9.82. The van der Waals surface area contributed by atoms with Crippen LogP contribution in [0.4, 0.5) is 0 Å². The number of carboxylic acid groups (broad SMARTS) is 1. The zero-order valence-electron chi connectivity index (χ0n) is 9.82. The Labute approximate surface area is 91.2 Å². The van der Waals surface area contributed by atoms with E-state index >= 15 is 0 Å². The van der Waals surface area contributed by atoms with E-state index < -0.39 is 11.5 Å². The number of carbonyl (C=O) groups is 1. The Morgan fingerprint density at radius 3 is 2.47 bits per heavy atom. The Morgan fingerprint density at radius 1 is 1.53 bits per heavy atom. The lowest BCUT2D eigenvalue weighted by atomic mass is 9.93. The van der Waals surface area contributed by atoms with E-state index in [0.29, 0.717) is 12.5 Å². The highest BCUT2D eigenvalue weighted by molar-refractivity contribution is 5.78. The number of rotatable bonds is 4. The molecule has 1 aliphatic rings. The molecule has 1 N–H and O–H groups in total. The van der Waals surface area contributed by atoms with E-state index in [4.69, 9.17) is 4.74 Å². The number of nitrogens with zero attached hydrogens (tertiary/aromatic N) is 1. The summed E-state index contributed by atoms with van der Waals surface area (Å²) in [5.41, 5.74) is -0.748. The Balaban J connectivity index is 2.70. The molecular weight excluding hydrogens is 194 g/mol. The van der Waals surface area contributed by atoms with Crippen molar-refractivity contribution < 1.29 is 14.6 Å². The van der Waals surface area contributed by atoms with E-state index in [0.717, 1.165) is 26.1 Å². The van der Waals surface area contributed by atoms with Crippen molar-refractivity contribution in [1.82, 2.24) is 4.90 Å². The van der Waals surface area contributed by atoms with Crippen LogP contribution in [0.3, 0.4) is 0 Å². The Kier molecular flexibility index (Phi) is 4.11. The van der Waals surface area contributed by atoms with Crippen LogP contribution in [0.25, 0.3) is 0 Å². The number of likely N-dealkylation sites (N-methyl/N-ethyl adjacent to an activating group) is 1. The maximum atomic E-state index is 11.3. The molecule has 0 aromatic heterocycles. The monoisotopic (exact) mass is 215 g/mol. The third-order valence-corrected chi connectivity index (χ3v) is 3.67. The number of carboxylic acids is 1. The Bertz CT molecular complexity index is 226. The summed E-state index contributed by atoms with van der Waals surface area (Å²) in [7, 11) is 1.91. The molecule has 0 bridgehead atoms. The van der Waals surface area contributed by atoms with Gasteiger partial charge in [0.15, 0.2) is 0 Å². The first kappa shape index (κ1) is 12.5. The topological polar surface area (TPSA) is 49.8 Å². The van der Waals surface area contributed by atoms with Gasteiger partial charge in [-0.2, -0.15) is 0 Å². The van der Waals surface area contributed by atoms with Gasteiger partial charge in [-0.15, -0.1) is 0 Å². The molecule has 4 heteroatoms. The molecule has 0 aromatic rings. The molecule has 88 valence electrons. The minimum Gasteiger partial charge on any atom is -0.480 e. The van der Waals surface area contributed by atoms with Gasteiger partial charge < -0.3 is 9.84 Å². The van der Waals surface area contributed by atoms with Crippen molar-refractivity contribution in [1.29, 1.82) is 0 Å². The third kappa shape index (κ3) is 2.49. The normalized spacial score (nSPS) is 22.7. The smallest absolute Gasteiger partial charge is 0.323 e. The molecule has 1 fully saturated rings. The van der Waals surface area contributed by atoms with E-state index in [1.807, 2.05) is 18.9 Å². The molecule has 1 unspecified atom stereocenters. The molecular formula is C11H21NO3. The van der Waals surface area contributed by atoms with Crippen molar-refractivity contribution >= 4 is 5.97 Å². The van der Waals surface area contributed by atoms with Gasteiger partial charge in [0.1, 0.15) is 5.54 Å². The molecule has 1 heterocycles. The maximum Gasteiger partial charge on any atom is 0.323 e. The van der Waals surface area contributed by atoms with Gasteiger partial charge in [0.05, 0.1) is 0 Å². The number of hydrogen-bond acceptors (Lipinski definition) is 3. The van der Waals surface area contributed by atoms with Gasteiger partial charge in [-0.25, -0.2) is 0 Å². The Hall–Kier alpha value is -0.610. The zero-order chi connectivity index (χ0) is 11.5. The second kappa shape index (κ2) is 4.94. The first-order chi connectivity index (χ1) is 7.02. The second-order valence-corrected chi connectivity index (χ2v) is 4.39. The molecule has 1 rings (SSSR count). The van der Waals surface area contributed by atoms with Crippen molar-refractivity contribution in [3.8, 4) is 0 Å². The summed E-state index contributed by atoms with van der Waals surface area (Å²) < 4.78 is 5.28. The molecule has 0 radical (unpaired) electrons. The molecule has 4 nitrogen and oxygen atoms in total. The summed E-state index contributed by atoms with van der Waals surface area (Å²) in [6.45, 7) is 5.21. The molecule has 0 aromatic carbocycles. The molecule has 1 aliphatic heterocycles. The predicted molar refractivity (Wildman–Crippen MR) is 57.9 cm³/mol. The SMILES string of the molecule is CCC(C)(C(=O)O)N(C)C1CCOCC1. The minimum absolute atomic E-state index is 0.333. The summed E-state index contributed by atoms with van der Waals surface area (Å²) >= 11 is 0. The number of aliphatic carboxylic acids is 1. The van der Waals surface area contributed by atoms with Gasteiger partial charge in [0.2, 0.25) is 0 Å². The van der Waals surface area contributed by atoms with E-state index in [1.54, 1.807) is 6.92 Å². The van der Waals surface area contributed by atoms with Crippen LogP contribution < -0.4 is 0 Å². The van der Waals surface area contributed by atoms with E-state index in [2.05, 4.69) is 0 Å². The quantitative estimate of drug-likeness (QED) is 0.769. The van der Waals surface area contributed by atoms with Crippen LogP contribution >= 0.6 is 0 Å². The van der Waals surface area contributed by atoms with Crippen LogP contribution in [0.1, 0.15) is 33.1 Å². The van der Waals surface area contributed by atoms with Gasteiger partial charge in [0.25, 0.3) is 0 Å². The van der Waals surface area contributed by atoms with Gasteiger partial charge in [-0.3, -0.25) is 9.69 Å². The van der Waals surface area contributed by atoms with Crippen molar-refractivity contribution in [2.45, 2.75) is 44.7 Å². The van der Waals surface area contributed by atoms with Gasteiger partial charge in [-0.05, 0) is 33.2 Å². The van der Waals surface area contributed by atoms with Crippen LogP contribution in [-0.2, 0) is 9.53 Å². The molecule has 1 saturated heterocycles. The molecule has 15 heavy (non-hydrogen) atoms. The first-order valence-corrected chi connectivity index (χ1v) is 5.56. The standard InChI is InChI=1S/C11H21NO3/c1-4-11(2,10(13)14)12(3)9-5-7-15-8-6-9/h9H,4-8H2,1-3H3,(H,13,14). The van der Waals surface area contributed by atoms with E-state index in [-0.39, 0.29) is 0 Å². The highest BCUT2D eigenvalue weighted by Crippen LogP contribution is 2.25. The van der Waals surface area contributed by atoms with Crippen molar-refractivity contribution in [3.05, 3.63) is 0 Å². The number of ether oxygens (including phenoxy) is 1. The predicted octanol–water partition coefficient (Wildman–Crippen LogP) is 1.35. The fourth-order valence-electron chi connectivity index (χ4n) is 2.03. The molecule has 0 spiro atoms. The highest BCUT2D eigenvalue weighted by Gasteiger charge is 2.39. The van der Waals surface area contributed by atoms with Crippen LogP contribution in [0.2, 0.25) is 0 Å². The van der Waals surface area contributed by atoms with Crippen LogP contribution in [0.15, 0.2) is 0 Å². The molecule has 0 aliphatic carbocycles. The second-order valence-electron chi connectivity index (χ2n) is 4.39. The van der Waals surface area contributed by atoms with Crippen molar-refractivity contribution in [3.63, 3.8) is 0 Å². The molecule has 1 atom stereocenters. The van der Waals surface area contributed by atoms with E-state index in [1.165, 1.54) is 0 Å². The van der Waals surface area contributed by atoms with Gasteiger partial charge >= 0.3 is 5.97 Å². The maximum absolute atomic E-state index is 11.3. The summed E-state index contributed by atoms with van der Waals surface area (Å²) in [5.74, 6) is -0.737. The summed E-state index contributed by atoms with van der Waals surface area (Å²) in [6.07, 6.45) is 2.48. The summed E-state index contributed by atoms with van der Waals surface area (Å²) in [5, 5.41) is 9.26. The molecule has 0 amide bonds. The van der Waals surface area contributed by atoms with Crippen molar-refractivity contribution in [2.75, 3.05) is 20.3 Å². The average molecular weight is 215 g/mol. The van der Waals surface area contributed by atoms with Crippen molar-refractivity contribution in [2.24, 2.45) is 0 Å². The lowest BCUT2D eigenvalue weighted by Crippen LogP contribution is -2.55. The summed E-state index contributed by atoms with van der Waals surface area (Å²) in [6, 6.07) is 0.333. The Morgan fingerprint density at radius 2 is 2.07 bits per heavy atom. The fourth-order valence-corrected chi connectivity index (χ4v) is 2.03. The highest BCUT2D eigenvalue weighted by atomic mass is 16.5. The lowest BCUT2D eigenvalue weighted by Gasteiger charge is -2.41. The van der Waals surface area contributed by atoms with Crippen LogP contribution in [-0.4, -0.2) is 47.8 Å². The molecule has 0 saturated carbocycles. The van der Waals surface area contributed by atoms with E-state index in [9.17, 15) is 9.90 Å². The van der Waals surface area contributed by atoms with Crippen LogP contribution in [0, 0.1) is 0 Å². The average Bonchev–Trinajstić information content (AvgIpc) is 2.28. The largest absolute Gasteiger partial charge is 0.480 e. The van der Waals surface area contributed by atoms with Gasteiger partial charge in [-0.1, -0.05) is 6.92 Å². The van der Waals surface area contributed by atoms with Crippen LogP contribution in [0.5, 0.6) is 0 Å². The summed E-state index contributed by atoms with van der Waals surface area (Å²) in [4.78, 5) is 13.3. The fraction of sp³-hybridized carbons (Fsp3) is 0.909. The third-order valence-electron chi connectivity index (χ3n) is 3.67. The number of hydrogen-bond donors (Lipinski definition) is 1. The minimum atomic E-state index is -0.748.